The number of amides is 1. The summed E-state index contributed by atoms with van der Waals surface area (Å²) in [7, 11) is 6.29. The molecule has 0 spiro atoms. The summed E-state index contributed by atoms with van der Waals surface area (Å²) in [5, 5.41) is 0. The molecular formula is C22H27BrN2O5. The molecule has 1 aliphatic heterocycles. The summed E-state index contributed by atoms with van der Waals surface area (Å²) in [6.45, 7) is 3.73. The van der Waals surface area contributed by atoms with Gasteiger partial charge in [-0.05, 0) is 45.8 Å². The minimum atomic E-state index is -0.0424. The van der Waals surface area contributed by atoms with Crippen LogP contribution in [0.4, 0.5) is 0 Å². The van der Waals surface area contributed by atoms with Crippen LogP contribution in [0.2, 0.25) is 0 Å². The van der Waals surface area contributed by atoms with E-state index in [0.29, 0.717) is 35.9 Å². The third kappa shape index (κ3) is 4.82. The summed E-state index contributed by atoms with van der Waals surface area (Å²) in [4.78, 5) is 17.3. The molecule has 7 nitrogen and oxygen atoms in total. The Balaban J connectivity index is 1.65. The van der Waals surface area contributed by atoms with Gasteiger partial charge in [0.05, 0.1) is 32.9 Å². The average Bonchev–Trinajstić information content (AvgIpc) is 2.79. The molecular weight excluding hydrogens is 452 g/mol. The molecule has 0 bridgehead atoms. The van der Waals surface area contributed by atoms with Crippen molar-refractivity contribution in [3.05, 3.63) is 45.9 Å². The molecule has 0 aliphatic carbocycles. The molecule has 1 saturated heterocycles. The van der Waals surface area contributed by atoms with Crippen molar-refractivity contribution in [1.82, 2.24) is 9.80 Å². The first-order valence-corrected chi connectivity index (χ1v) is 10.4. The van der Waals surface area contributed by atoms with Gasteiger partial charge in [0.15, 0.2) is 11.5 Å². The predicted molar refractivity (Wildman–Crippen MR) is 118 cm³/mol. The van der Waals surface area contributed by atoms with E-state index in [1.54, 1.807) is 40.6 Å². The minimum Gasteiger partial charge on any atom is -0.496 e. The fourth-order valence-electron chi connectivity index (χ4n) is 3.56. The van der Waals surface area contributed by atoms with E-state index in [9.17, 15) is 4.79 Å². The first-order valence-electron chi connectivity index (χ1n) is 9.64. The highest BCUT2D eigenvalue weighted by atomic mass is 79.9. The second-order valence-electron chi connectivity index (χ2n) is 6.95. The number of ether oxygens (including phenoxy) is 4. The zero-order chi connectivity index (χ0) is 21.7. The molecule has 0 N–H and O–H groups in total. The van der Waals surface area contributed by atoms with Crippen LogP contribution in [-0.2, 0) is 6.54 Å². The van der Waals surface area contributed by atoms with Crippen molar-refractivity contribution in [3.8, 4) is 23.0 Å². The van der Waals surface area contributed by atoms with Gasteiger partial charge in [-0.3, -0.25) is 9.69 Å². The Morgan fingerprint density at radius 2 is 1.47 bits per heavy atom. The second kappa shape index (κ2) is 10.0. The van der Waals surface area contributed by atoms with Gasteiger partial charge >= 0.3 is 0 Å². The van der Waals surface area contributed by atoms with E-state index >= 15 is 0 Å². The third-order valence-corrected chi connectivity index (χ3v) is 5.85. The van der Waals surface area contributed by atoms with E-state index in [-0.39, 0.29) is 5.91 Å². The van der Waals surface area contributed by atoms with Crippen LogP contribution >= 0.6 is 15.9 Å². The molecule has 0 aromatic heterocycles. The predicted octanol–water partition coefficient (Wildman–Crippen LogP) is 3.44. The Kier molecular flexibility index (Phi) is 7.44. The van der Waals surface area contributed by atoms with E-state index < -0.39 is 0 Å². The number of piperazine rings is 1. The Hall–Kier alpha value is -2.45. The van der Waals surface area contributed by atoms with Gasteiger partial charge in [-0.25, -0.2) is 0 Å². The lowest BCUT2D eigenvalue weighted by Crippen LogP contribution is -2.48. The molecule has 1 heterocycles. The molecule has 2 aromatic carbocycles. The van der Waals surface area contributed by atoms with Gasteiger partial charge in [-0.2, -0.15) is 0 Å². The van der Waals surface area contributed by atoms with Crippen LogP contribution in [-0.4, -0.2) is 70.3 Å². The van der Waals surface area contributed by atoms with Crippen LogP contribution in [0, 0.1) is 0 Å². The summed E-state index contributed by atoms with van der Waals surface area (Å²) in [6.07, 6.45) is 0. The number of halogens is 1. The van der Waals surface area contributed by atoms with Crippen molar-refractivity contribution in [2.75, 3.05) is 54.6 Å². The second-order valence-corrected chi connectivity index (χ2v) is 7.81. The topological polar surface area (TPSA) is 60.5 Å². The van der Waals surface area contributed by atoms with E-state index in [0.717, 1.165) is 29.9 Å². The molecule has 0 saturated carbocycles. The normalized spacial score (nSPS) is 14.4. The lowest BCUT2D eigenvalue weighted by atomic mass is 10.1. The highest BCUT2D eigenvalue weighted by Crippen LogP contribution is 2.38. The van der Waals surface area contributed by atoms with Crippen LogP contribution in [0.5, 0.6) is 23.0 Å². The van der Waals surface area contributed by atoms with Gasteiger partial charge in [0.2, 0.25) is 5.75 Å². The van der Waals surface area contributed by atoms with Gasteiger partial charge in [-0.15, -0.1) is 0 Å². The Labute approximate surface area is 185 Å². The highest BCUT2D eigenvalue weighted by molar-refractivity contribution is 9.10. The standard InChI is InChI=1S/C22H27BrN2O5/c1-27-18-11-15(5-6-17(18)23)14-24-7-9-25(10-8-24)22(26)16-12-19(28-2)21(30-4)20(13-16)29-3/h5-6,11-13H,7-10,14H2,1-4H3. The molecule has 1 fully saturated rings. The first kappa shape index (κ1) is 22.2. The zero-order valence-corrected chi connectivity index (χ0v) is 19.3. The molecule has 2 aromatic rings. The smallest absolute Gasteiger partial charge is 0.254 e. The van der Waals surface area contributed by atoms with Crippen LogP contribution in [0.15, 0.2) is 34.8 Å². The molecule has 0 atom stereocenters. The number of nitrogens with zero attached hydrogens (tertiary/aromatic N) is 2. The van der Waals surface area contributed by atoms with Gasteiger partial charge in [0, 0.05) is 38.3 Å². The van der Waals surface area contributed by atoms with Crippen LogP contribution < -0.4 is 18.9 Å². The molecule has 0 unspecified atom stereocenters. The molecule has 30 heavy (non-hydrogen) atoms. The molecule has 8 heteroatoms. The maximum Gasteiger partial charge on any atom is 0.254 e. The molecule has 3 rings (SSSR count). The summed E-state index contributed by atoms with van der Waals surface area (Å²) < 4.78 is 22.4. The fourth-order valence-corrected chi connectivity index (χ4v) is 3.97. The van der Waals surface area contributed by atoms with E-state index in [4.69, 9.17) is 18.9 Å². The number of hydrogen-bond donors (Lipinski definition) is 0. The van der Waals surface area contributed by atoms with Crippen molar-refractivity contribution in [2.45, 2.75) is 6.54 Å². The average molecular weight is 479 g/mol. The minimum absolute atomic E-state index is 0.0424. The van der Waals surface area contributed by atoms with E-state index in [2.05, 4.69) is 26.9 Å². The van der Waals surface area contributed by atoms with E-state index in [1.165, 1.54) is 5.56 Å². The lowest BCUT2D eigenvalue weighted by molar-refractivity contribution is 0.0627. The van der Waals surface area contributed by atoms with Crippen LogP contribution in [0.1, 0.15) is 15.9 Å². The maximum atomic E-state index is 13.1. The third-order valence-electron chi connectivity index (χ3n) is 5.19. The molecule has 0 radical (unpaired) electrons. The first-order chi connectivity index (χ1) is 14.5. The molecule has 1 aliphatic rings. The largest absolute Gasteiger partial charge is 0.496 e. The lowest BCUT2D eigenvalue weighted by Gasteiger charge is -2.35. The zero-order valence-electron chi connectivity index (χ0n) is 17.7. The molecule has 162 valence electrons. The highest BCUT2D eigenvalue weighted by Gasteiger charge is 2.25. The number of carbonyl (C=O) groups excluding carboxylic acids is 1. The van der Waals surface area contributed by atoms with Crippen LogP contribution in [0.3, 0.4) is 0 Å². The van der Waals surface area contributed by atoms with Crippen molar-refractivity contribution in [3.63, 3.8) is 0 Å². The summed E-state index contributed by atoms with van der Waals surface area (Å²) in [5.41, 5.74) is 1.70. The Morgan fingerprint density at radius 1 is 0.867 bits per heavy atom. The van der Waals surface area contributed by atoms with E-state index in [1.807, 2.05) is 17.0 Å². The van der Waals surface area contributed by atoms with Crippen molar-refractivity contribution in [1.29, 1.82) is 0 Å². The Morgan fingerprint density at radius 3 is 2.00 bits per heavy atom. The number of benzene rings is 2. The monoisotopic (exact) mass is 478 g/mol. The number of carbonyl (C=O) groups is 1. The number of rotatable bonds is 7. The summed E-state index contributed by atoms with van der Waals surface area (Å²) >= 11 is 3.48. The van der Waals surface area contributed by atoms with Crippen molar-refractivity contribution >= 4 is 21.8 Å². The summed E-state index contributed by atoms with van der Waals surface area (Å²) in [6, 6.07) is 9.52. The Bertz CT molecular complexity index is 872. The van der Waals surface area contributed by atoms with Gasteiger partial charge in [0.1, 0.15) is 5.75 Å². The van der Waals surface area contributed by atoms with Crippen molar-refractivity contribution < 1.29 is 23.7 Å². The number of hydrogen-bond acceptors (Lipinski definition) is 6. The maximum absolute atomic E-state index is 13.1. The quantitative estimate of drug-likeness (QED) is 0.607. The SMILES string of the molecule is COc1cc(CN2CCN(C(=O)c3cc(OC)c(OC)c(OC)c3)CC2)ccc1Br. The van der Waals surface area contributed by atoms with Crippen molar-refractivity contribution in [2.24, 2.45) is 0 Å². The van der Waals surface area contributed by atoms with Gasteiger partial charge in [-0.1, -0.05) is 6.07 Å². The van der Waals surface area contributed by atoms with Crippen LogP contribution in [0.25, 0.3) is 0 Å². The molecule has 1 amide bonds. The van der Waals surface area contributed by atoms with Gasteiger partial charge in [0.25, 0.3) is 5.91 Å². The fraction of sp³-hybridized carbons (Fsp3) is 0.409. The number of methoxy groups -OCH3 is 4. The van der Waals surface area contributed by atoms with Gasteiger partial charge < -0.3 is 23.8 Å². The summed E-state index contributed by atoms with van der Waals surface area (Å²) in [5.74, 6) is 2.21.